The van der Waals surface area contributed by atoms with Crippen molar-refractivity contribution in [2.45, 2.75) is 0 Å². The van der Waals surface area contributed by atoms with Crippen LogP contribution in [0.25, 0.3) is 112 Å². The van der Waals surface area contributed by atoms with Gasteiger partial charge in [-0.05, 0) is 24.3 Å². The van der Waals surface area contributed by atoms with Crippen molar-refractivity contribution in [1.29, 1.82) is 0 Å². The standard InChI is InChI=1S/C48H28N6O2/c1-4-15-29(16-5-1)43-49-44(30-17-6-2-7-18-30)51-46(50-43)35-24-14-28-39-41(35)33-22-12-25-36(42(33)56-39)48-53-45(31-19-8-3-9-20-31)52-47(54-48)34-23-13-27-38-40(34)32-21-10-11-26-37(32)55-38/h1-28H. The molecule has 0 fully saturated rings. The number of nitrogens with zero attached hydrogens (tertiary/aromatic N) is 6. The molecule has 11 aromatic rings. The van der Waals surface area contributed by atoms with Gasteiger partial charge in [-0.25, -0.2) is 29.9 Å². The Labute approximate surface area is 319 Å². The molecule has 4 heterocycles. The van der Waals surface area contributed by atoms with Gasteiger partial charge in [-0.3, -0.25) is 0 Å². The van der Waals surface area contributed by atoms with Crippen molar-refractivity contribution in [2.24, 2.45) is 0 Å². The predicted octanol–water partition coefficient (Wildman–Crippen LogP) is 11.9. The molecule has 4 aromatic heterocycles. The van der Waals surface area contributed by atoms with Crippen LogP contribution in [0, 0.1) is 0 Å². The Bertz CT molecular complexity index is 3190. The average molecular weight is 721 g/mol. The first-order valence-corrected chi connectivity index (χ1v) is 18.3. The van der Waals surface area contributed by atoms with E-state index in [1.807, 2.05) is 158 Å². The molecule has 262 valence electrons. The fraction of sp³-hybridized carbons (Fsp3) is 0. The minimum Gasteiger partial charge on any atom is -0.456 e. The second-order valence-corrected chi connectivity index (χ2v) is 13.5. The van der Waals surface area contributed by atoms with Crippen molar-refractivity contribution >= 4 is 43.9 Å². The lowest BCUT2D eigenvalue weighted by atomic mass is 10.0. The maximum atomic E-state index is 6.75. The summed E-state index contributed by atoms with van der Waals surface area (Å²) in [6, 6.07) is 56.0. The molecule has 0 aliphatic heterocycles. The van der Waals surface area contributed by atoms with E-state index in [1.54, 1.807) is 0 Å². The van der Waals surface area contributed by atoms with Crippen LogP contribution in [0.4, 0.5) is 0 Å². The van der Waals surface area contributed by atoms with Gasteiger partial charge < -0.3 is 8.83 Å². The largest absolute Gasteiger partial charge is 0.456 e. The van der Waals surface area contributed by atoms with Crippen LogP contribution in [-0.2, 0) is 0 Å². The Balaban J connectivity index is 1.13. The van der Waals surface area contributed by atoms with E-state index < -0.39 is 0 Å². The van der Waals surface area contributed by atoms with Gasteiger partial charge in [0.05, 0.1) is 5.56 Å². The molecule has 0 aliphatic rings. The summed E-state index contributed by atoms with van der Waals surface area (Å²) in [6.07, 6.45) is 0. The molecule has 0 atom stereocenters. The molecule has 0 N–H and O–H groups in total. The van der Waals surface area contributed by atoms with Gasteiger partial charge in [0.2, 0.25) is 0 Å². The van der Waals surface area contributed by atoms with Crippen LogP contribution < -0.4 is 0 Å². The van der Waals surface area contributed by atoms with E-state index in [1.165, 1.54) is 0 Å². The summed E-state index contributed by atoms with van der Waals surface area (Å²) in [5, 5.41) is 3.73. The van der Waals surface area contributed by atoms with Crippen LogP contribution in [0.1, 0.15) is 0 Å². The molecule has 0 unspecified atom stereocenters. The van der Waals surface area contributed by atoms with E-state index in [2.05, 4.69) is 12.1 Å². The van der Waals surface area contributed by atoms with Gasteiger partial charge in [0, 0.05) is 49.4 Å². The normalized spacial score (nSPS) is 11.6. The Hall–Kier alpha value is -7.84. The third kappa shape index (κ3) is 5.31. The molecular formula is C48H28N6O2. The summed E-state index contributed by atoms with van der Waals surface area (Å²) in [4.78, 5) is 30.3. The van der Waals surface area contributed by atoms with Crippen molar-refractivity contribution in [1.82, 2.24) is 29.9 Å². The molecule has 0 spiro atoms. The quantitative estimate of drug-likeness (QED) is 0.167. The third-order valence-corrected chi connectivity index (χ3v) is 10.0. The predicted molar refractivity (Wildman–Crippen MR) is 220 cm³/mol. The van der Waals surface area contributed by atoms with Gasteiger partial charge in [0.15, 0.2) is 34.9 Å². The molecule has 0 radical (unpaired) electrons. The summed E-state index contributed by atoms with van der Waals surface area (Å²) in [6.45, 7) is 0. The number of benzene rings is 7. The van der Waals surface area contributed by atoms with Gasteiger partial charge in [-0.1, -0.05) is 146 Å². The zero-order valence-corrected chi connectivity index (χ0v) is 29.7. The van der Waals surface area contributed by atoms with E-state index >= 15 is 0 Å². The van der Waals surface area contributed by atoms with Crippen molar-refractivity contribution in [3.05, 3.63) is 170 Å². The molecule has 7 aromatic carbocycles. The van der Waals surface area contributed by atoms with Crippen molar-refractivity contribution < 1.29 is 8.83 Å². The summed E-state index contributed by atoms with van der Waals surface area (Å²) in [5.41, 5.74) is 8.01. The summed E-state index contributed by atoms with van der Waals surface area (Å²) >= 11 is 0. The van der Waals surface area contributed by atoms with Gasteiger partial charge in [-0.2, -0.15) is 0 Å². The van der Waals surface area contributed by atoms with Gasteiger partial charge >= 0.3 is 0 Å². The summed E-state index contributed by atoms with van der Waals surface area (Å²) < 4.78 is 13.0. The van der Waals surface area contributed by atoms with Gasteiger partial charge in [0.1, 0.15) is 22.3 Å². The highest BCUT2D eigenvalue weighted by molar-refractivity contribution is 6.15. The molecule has 0 aliphatic carbocycles. The number of rotatable bonds is 6. The smallest absolute Gasteiger partial charge is 0.167 e. The van der Waals surface area contributed by atoms with Crippen LogP contribution in [0.15, 0.2) is 179 Å². The second-order valence-electron chi connectivity index (χ2n) is 13.5. The molecule has 0 bridgehead atoms. The molecule has 11 rings (SSSR count). The SMILES string of the molecule is c1ccc(-c2nc(-c3cccc4c3oc3cccc(-c5nc(-c6ccccc6)nc(-c6ccccc6)n5)c34)nc(-c3cccc4oc5ccccc5c34)n2)cc1. The van der Waals surface area contributed by atoms with Gasteiger partial charge in [-0.15, -0.1) is 0 Å². The Morgan fingerprint density at radius 2 is 0.643 bits per heavy atom. The maximum absolute atomic E-state index is 6.75. The molecule has 0 saturated heterocycles. The first kappa shape index (κ1) is 31.7. The fourth-order valence-electron chi connectivity index (χ4n) is 7.43. The van der Waals surface area contributed by atoms with Crippen molar-refractivity contribution in [3.8, 4) is 68.3 Å². The molecule has 0 amide bonds. The number of para-hydroxylation sites is 2. The second kappa shape index (κ2) is 12.9. The Morgan fingerprint density at radius 3 is 1.21 bits per heavy atom. The molecule has 0 saturated carbocycles. The van der Waals surface area contributed by atoms with Crippen molar-refractivity contribution in [2.75, 3.05) is 0 Å². The van der Waals surface area contributed by atoms with Crippen LogP contribution >= 0.6 is 0 Å². The van der Waals surface area contributed by atoms with E-state index in [0.717, 1.165) is 66.1 Å². The highest BCUT2D eigenvalue weighted by Gasteiger charge is 2.22. The van der Waals surface area contributed by atoms with E-state index in [4.69, 9.17) is 38.7 Å². The van der Waals surface area contributed by atoms with Gasteiger partial charge in [0.25, 0.3) is 0 Å². The topological polar surface area (TPSA) is 104 Å². The van der Waals surface area contributed by atoms with E-state index in [-0.39, 0.29) is 0 Å². The average Bonchev–Trinajstić information content (AvgIpc) is 3.86. The Kier molecular flexibility index (Phi) is 7.31. The minimum absolute atomic E-state index is 0.489. The number of furan rings is 2. The molecule has 56 heavy (non-hydrogen) atoms. The highest BCUT2D eigenvalue weighted by atomic mass is 16.3. The fourth-order valence-corrected chi connectivity index (χ4v) is 7.43. The number of aromatic nitrogens is 6. The lowest BCUT2D eigenvalue weighted by Gasteiger charge is -2.10. The lowest BCUT2D eigenvalue weighted by molar-refractivity contribution is 0.668. The maximum Gasteiger partial charge on any atom is 0.167 e. The van der Waals surface area contributed by atoms with Crippen LogP contribution in [-0.4, -0.2) is 29.9 Å². The molecule has 8 heteroatoms. The molecule has 8 nitrogen and oxygen atoms in total. The number of fused-ring (bicyclic) bond motifs is 6. The summed E-state index contributed by atoms with van der Waals surface area (Å²) in [5.74, 6) is 3.30. The molecular weight excluding hydrogens is 693 g/mol. The van der Waals surface area contributed by atoms with E-state index in [9.17, 15) is 0 Å². The number of hydrogen-bond acceptors (Lipinski definition) is 8. The first-order chi connectivity index (χ1) is 27.7. The monoisotopic (exact) mass is 720 g/mol. The number of hydrogen-bond donors (Lipinski definition) is 0. The van der Waals surface area contributed by atoms with E-state index in [0.29, 0.717) is 46.1 Å². The minimum atomic E-state index is 0.489. The van der Waals surface area contributed by atoms with Crippen LogP contribution in [0.2, 0.25) is 0 Å². The first-order valence-electron chi connectivity index (χ1n) is 18.3. The zero-order chi connectivity index (χ0) is 37.0. The van der Waals surface area contributed by atoms with Crippen LogP contribution in [0.3, 0.4) is 0 Å². The highest BCUT2D eigenvalue weighted by Crippen LogP contribution is 2.41. The summed E-state index contributed by atoms with van der Waals surface area (Å²) in [7, 11) is 0. The zero-order valence-electron chi connectivity index (χ0n) is 29.7. The van der Waals surface area contributed by atoms with Crippen LogP contribution in [0.5, 0.6) is 0 Å². The Morgan fingerprint density at radius 1 is 0.268 bits per heavy atom. The van der Waals surface area contributed by atoms with Crippen molar-refractivity contribution in [3.63, 3.8) is 0 Å². The lowest BCUT2D eigenvalue weighted by Crippen LogP contribution is -2.00. The third-order valence-electron chi connectivity index (χ3n) is 10.0.